The molecule has 1 aliphatic rings. The van der Waals surface area contributed by atoms with Crippen molar-refractivity contribution in [2.45, 2.75) is 31.1 Å². The zero-order valence-electron chi connectivity index (χ0n) is 8.22. The number of imidazole rings is 1. The summed E-state index contributed by atoms with van der Waals surface area (Å²) in [6, 6.07) is 0. The van der Waals surface area contributed by atoms with Gasteiger partial charge in [-0.3, -0.25) is 0 Å². The number of aryl methyl sites for hydroxylation is 1. The minimum atomic E-state index is -0.785. The van der Waals surface area contributed by atoms with Crippen molar-refractivity contribution in [2.24, 2.45) is 0 Å². The second kappa shape index (κ2) is 3.28. The number of allylic oxidation sites excluding steroid dienone is 1. The van der Waals surface area contributed by atoms with E-state index in [1.54, 1.807) is 0 Å². The molecule has 0 amide bonds. The fourth-order valence-corrected chi connectivity index (χ4v) is 2.22. The molecule has 0 bridgehead atoms. The van der Waals surface area contributed by atoms with Crippen molar-refractivity contribution in [3.8, 4) is 0 Å². The highest BCUT2D eigenvalue weighted by Gasteiger charge is 2.28. The molecule has 1 aromatic rings. The van der Waals surface area contributed by atoms with Crippen molar-refractivity contribution in [2.75, 3.05) is 0 Å². The molecule has 2 nitrogen and oxygen atoms in total. The average Bonchev–Trinajstić information content (AvgIpc) is 2.37. The molecular formula is C10H12Cl2N2. The Hall–Kier alpha value is -0.470. The highest BCUT2D eigenvalue weighted by atomic mass is 35.5. The van der Waals surface area contributed by atoms with Crippen molar-refractivity contribution in [1.82, 2.24) is 9.55 Å². The molecule has 14 heavy (non-hydrogen) atoms. The summed E-state index contributed by atoms with van der Waals surface area (Å²) in [6.45, 7) is 5.03. The lowest BCUT2D eigenvalue weighted by atomic mass is 10.1. The van der Waals surface area contributed by atoms with E-state index in [1.807, 2.05) is 19.1 Å². The monoisotopic (exact) mass is 230 g/mol. The first-order chi connectivity index (χ1) is 6.53. The van der Waals surface area contributed by atoms with Gasteiger partial charge in [0.2, 0.25) is 0 Å². The third kappa shape index (κ3) is 1.57. The predicted octanol–water partition coefficient (Wildman–Crippen LogP) is 2.95. The van der Waals surface area contributed by atoms with Crippen LogP contribution < -0.4 is 0 Å². The van der Waals surface area contributed by atoms with Crippen LogP contribution in [0.15, 0.2) is 6.08 Å². The van der Waals surface area contributed by atoms with E-state index in [0.29, 0.717) is 6.42 Å². The number of rotatable bonds is 1. The summed E-state index contributed by atoms with van der Waals surface area (Å²) in [5.74, 6) is 1.02. The van der Waals surface area contributed by atoms with E-state index in [4.69, 9.17) is 23.2 Å². The van der Waals surface area contributed by atoms with Crippen LogP contribution in [-0.2, 0) is 13.0 Å². The van der Waals surface area contributed by atoms with Gasteiger partial charge in [-0.15, -0.1) is 0 Å². The van der Waals surface area contributed by atoms with Gasteiger partial charge in [0.25, 0.3) is 0 Å². The normalized spacial score (nSPS) is 18.3. The number of alkyl halides is 2. The molecule has 1 aromatic heterocycles. The maximum absolute atomic E-state index is 6.03. The largest absolute Gasteiger partial charge is 0.329 e. The molecule has 0 saturated carbocycles. The second-order valence-electron chi connectivity index (χ2n) is 3.51. The van der Waals surface area contributed by atoms with E-state index in [-0.39, 0.29) is 0 Å². The van der Waals surface area contributed by atoms with Crippen molar-refractivity contribution < 1.29 is 0 Å². The van der Waals surface area contributed by atoms with Crippen LogP contribution >= 0.6 is 23.2 Å². The number of hydrogen-bond donors (Lipinski definition) is 0. The molecule has 0 atom stereocenters. The Morgan fingerprint density at radius 2 is 2.29 bits per heavy atom. The quantitative estimate of drug-likeness (QED) is 0.679. The highest BCUT2D eigenvalue weighted by Crippen LogP contribution is 2.34. The average molecular weight is 231 g/mol. The van der Waals surface area contributed by atoms with E-state index in [2.05, 4.69) is 16.5 Å². The molecule has 0 N–H and O–H groups in total. The van der Waals surface area contributed by atoms with Crippen molar-refractivity contribution >= 4 is 29.3 Å². The van der Waals surface area contributed by atoms with Crippen LogP contribution in [0.1, 0.15) is 24.1 Å². The summed E-state index contributed by atoms with van der Waals surface area (Å²) in [6.07, 6.45) is 4.38. The van der Waals surface area contributed by atoms with Gasteiger partial charge in [-0.05, 0) is 26.0 Å². The Kier molecular flexibility index (Phi) is 2.36. The Morgan fingerprint density at radius 3 is 2.93 bits per heavy atom. The maximum Gasteiger partial charge on any atom is 0.142 e. The molecule has 0 radical (unpaired) electrons. The Labute approximate surface area is 93.5 Å². The van der Waals surface area contributed by atoms with Crippen LogP contribution in [0.5, 0.6) is 0 Å². The smallest absolute Gasteiger partial charge is 0.142 e. The van der Waals surface area contributed by atoms with Gasteiger partial charge in [0.15, 0.2) is 0 Å². The summed E-state index contributed by atoms with van der Waals surface area (Å²) < 4.78 is 1.38. The zero-order chi connectivity index (χ0) is 10.3. The van der Waals surface area contributed by atoms with Gasteiger partial charge in [-0.25, -0.2) is 4.98 Å². The molecule has 0 spiro atoms. The van der Waals surface area contributed by atoms with Crippen molar-refractivity contribution in [3.63, 3.8) is 0 Å². The van der Waals surface area contributed by atoms with Gasteiger partial charge >= 0.3 is 0 Å². The number of halogens is 2. The van der Waals surface area contributed by atoms with E-state index in [1.165, 1.54) is 0 Å². The Bertz CT molecular complexity index is 391. The van der Waals surface area contributed by atoms with Crippen LogP contribution in [0.2, 0.25) is 0 Å². The van der Waals surface area contributed by atoms with Gasteiger partial charge in [0, 0.05) is 13.0 Å². The minimum absolute atomic E-state index is 0.593. The fraction of sp³-hybridized carbons (Fsp3) is 0.500. The predicted molar refractivity (Wildman–Crippen MR) is 59.8 cm³/mol. The lowest BCUT2D eigenvalue weighted by Crippen LogP contribution is -2.17. The topological polar surface area (TPSA) is 17.8 Å². The molecule has 4 heteroatoms. The first kappa shape index (κ1) is 10.1. The Morgan fingerprint density at radius 1 is 1.57 bits per heavy atom. The van der Waals surface area contributed by atoms with E-state index in [0.717, 1.165) is 23.8 Å². The molecule has 2 rings (SSSR count). The van der Waals surface area contributed by atoms with Gasteiger partial charge in [0.05, 0.1) is 11.4 Å². The summed E-state index contributed by atoms with van der Waals surface area (Å²) in [5, 5.41) is 0. The summed E-state index contributed by atoms with van der Waals surface area (Å²) in [4.78, 5) is 4.46. The van der Waals surface area contributed by atoms with Crippen molar-refractivity contribution in [1.29, 1.82) is 0 Å². The van der Waals surface area contributed by atoms with Gasteiger partial charge in [-0.2, -0.15) is 0 Å². The molecule has 0 saturated heterocycles. The van der Waals surface area contributed by atoms with Crippen LogP contribution in [0.25, 0.3) is 6.08 Å². The minimum Gasteiger partial charge on any atom is -0.329 e. The SMILES string of the molecule is CCn1c(C)nc2c1C=CC(Cl)(Cl)C2. The number of hydrogen-bond acceptors (Lipinski definition) is 1. The van der Waals surface area contributed by atoms with Crippen LogP contribution in [0.4, 0.5) is 0 Å². The van der Waals surface area contributed by atoms with Crippen LogP contribution in [0, 0.1) is 6.92 Å². The maximum atomic E-state index is 6.03. The molecular weight excluding hydrogens is 219 g/mol. The van der Waals surface area contributed by atoms with Gasteiger partial charge in [-0.1, -0.05) is 23.2 Å². The van der Waals surface area contributed by atoms with E-state index >= 15 is 0 Å². The molecule has 0 aliphatic heterocycles. The van der Waals surface area contributed by atoms with Gasteiger partial charge in [0.1, 0.15) is 10.2 Å². The lowest BCUT2D eigenvalue weighted by Gasteiger charge is -2.18. The van der Waals surface area contributed by atoms with Gasteiger partial charge < -0.3 is 4.57 Å². The standard InChI is InChI=1S/C10H12Cl2N2/c1-3-14-7(2)13-8-6-10(11,12)5-4-9(8)14/h4-5H,3,6H2,1-2H3. The first-order valence-electron chi connectivity index (χ1n) is 4.66. The van der Waals surface area contributed by atoms with Crippen LogP contribution in [-0.4, -0.2) is 13.9 Å². The summed E-state index contributed by atoms with van der Waals surface area (Å²) in [5.41, 5.74) is 2.14. The molecule has 0 unspecified atom stereocenters. The summed E-state index contributed by atoms with van der Waals surface area (Å²) in [7, 11) is 0. The third-order valence-corrected chi connectivity index (χ3v) is 3.00. The molecule has 1 aliphatic carbocycles. The van der Waals surface area contributed by atoms with Crippen molar-refractivity contribution in [3.05, 3.63) is 23.3 Å². The summed E-state index contributed by atoms with van der Waals surface area (Å²) >= 11 is 12.1. The van der Waals surface area contributed by atoms with E-state index < -0.39 is 4.33 Å². The Balaban J connectivity index is 2.50. The lowest BCUT2D eigenvalue weighted by molar-refractivity contribution is 0.721. The molecule has 76 valence electrons. The first-order valence-corrected chi connectivity index (χ1v) is 5.42. The van der Waals surface area contributed by atoms with Crippen LogP contribution in [0.3, 0.4) is 0 Å². The van der Waals surface area contributed by atoms with E-state index in [9.17, 15) is 0 Å². The second-order valence-corrected chi connectivity index (χ2v) is 5.05. The number of fused-ring (bicyclic) bond motifs is 1. The zero-order valence-corrected chi connectivity index (χ0v) is 9.73. The number of nitrogens with zero attached hydrogens (tertiary/aromatic N) is 2. The fourth-order valence-electron chi connectivity index (χ4n) is 1.84. The third-order valence-electron chi connectivity index (χ3n) is 2.48. The number of aromatic nitrogens is 2. The molecule has 1 heterocycles. The molecule has 0 aromatic carbocycles. The molecule has 0 fully saturated rings. The highest BCUT2D eigenvalue weighted by molar-refractivity contribution is 6.50.